The molecule has 0 unspecified atom stereocenters. The summed E-state index contributed by atoms with van der Waals surface area (Å²) in [7, 11) is -5.65. The number of nitrogens with one attached hydrogen (secondary N) is 1. The molecule has 0 aliphatic carbocycles. The van der Waals surface area contributed by atoms with Gasteiger partial charge in [0.05, 0.1) is 12.8 Å². The molecule has 0 amide bonds. The zero-order valence-corrected chi connectivity index (χ0v) is 23.4. The first-order valence-corrected chi connectivity index (χ1v) is 12.2. The van der Waals surface area contributed by atoms with E-state index in [1.807, 2.05) is 35.6 Å². The van der Waals surface area contributed by atoms with Crippen LogP contribution in [0.2, 0.25) is 0 Å². The van der Waals surface area contributed by atoms with Crippen LogP contribution in [0.15, 0.2) is 29.8 Å². The second kappa shape index (κ2) is 19.8. The van der Waals surface area contributed by atoms with Crippen LogP contribution in [0.25, 0.3) is 0 Å². The fraction of sp³-hybridized carbons (Fsp3) is 0.562. The van der Waals surface area contributed by atoms with Gasteiger partial charge >= 0.3 is 28.1 Å². The molecule has 40 heavy (non-hydrogen) atoms. The Morgan fingerprint density at radius 2 is 1.40 bits per heavy atom. The molecule has 0 spiro atoms. The molecule has 0 aliphatic rings. The van der Waals surface area contributed by atoms with E-state index in [-0.39, 0.29) is 28.8 Å². The number of aliphatic hydroxyl groups excluding tert-OH is 1. The minimum Gasteiger partial charge on any atom is -0.741 e. The number of nitrogens with zero attached hydrogens (tertiary/aromatic N) is 5. The Bertz CT molecular complexity index is 1150. The molecule has 15 nitrogen and oxygen atoms in total. The number of aryl methyl sites for hydroxylation is 2. The summed E-state index contributed by atoms with van der Waals surface area (Å²) in [6.45, 7) is 1.35. The Morgan fingerprint density at radius 3 is 1.70 bits per heavy atom. The smallest absolute Gasteiger partial charge is 0.741 e. The third kappa shape index (κ3) is 17.5. The van der Waals surface area contributed by atoms with Crippen molar-refractivity contribution >= 4 is 26.5 Å². The summed E-state index contributed by atoms with van der Waals surface area (Å²) in [5.74, 6) is 1.69. The fourth-order valence-corrected chi connectivity index (χ4v) is 1.82. The number of hydrogen-bond donors (Lipinski definition) is 2. The fourth-order valence-electron chi connectivity index (χ4n) is 1.82. The topological polar surface area (TPSA) is 235 Å². The number of imidazole rings is 2. The first-order chi connectivity index (χ1) is 17.2. The van der Waals surface area contributed by atoms with Gasteiger partial charge in [-0.05, 0) is 0 Å². The van der Waals surface area contributed by atoms with Crippen LogP contribution < -0.4 is 5.32 Å². The van der Waals surface area contributed by atoms with Gasteiger partial charge in [-0.1, -0.05) is 0 Å². The molecule has 0 aliphatic heterocycles. The Labute approximate surface area is 235 Å². The van der Waals surface area contributed by atoms with Gasteiger partial charge < -0.3 is 33.6 Å². The Balaban J connectivity index is -0.000000272. The molecular weight excluding hydrogens is 662 g/mol. The number of halogens is 6. The van der Waals surface area contributed by atoms with E-state index in [2.05, 4.69) is 20.3 Å². The molecule has 2 aromatic heterocycles. The van der Waals surface area contributed by atoms with E-state index in [4.69, 9.17) is 35.8 Å². The van der Waals surface area contributed by atoms with Crippen LogP contribution in [0, 0.1) is 0 Å². The zero-order chi connectivity index (χ0) is 30.4. The quantitative estimate of drug-likeness (QED) is 0.0708. The molecule has 1 atom stereocenters. The second-order valence-electron chi connectivity index (χ2n) is 6.20. The van der Waals surface area contributed by atoms with E-state index in [1.165, 1.54) is 0 Å². The molecule has 4 N–H and O–H groups in total. The van der Waals surface area contributed by atoms with Crippen LogP contribution in [-0.4, -0.2) is 100 Å². The van der Waals surface area contributed by atoms with Crippen LogP contribution >= 0.6 is 0 Å². The maximum atomic E-state index is 10.7. The van der Waals surface area contributed by atoms with Gasteiger partial charge in [0.25, 0.3) is 0 Å². The van der Waals surface area contributed by atoms with Crippen LogP contribution in [0.3, 0.4) is 0 Å². The number of aliphatic imine (C=N–C) groups is 1. The van der Waals surface area contributed by atoms with Gasteiger partial charge in [0.1, 0.15) is 5.82 Å². The normalized spacial score (nSPS) is 12.3. The Kier molecular flexibility index (Phi) is 22.3. The number of aromatic nitrogens is 4. The number of methoxy groups -OCH3 is 1. The number of rotatable bonds is 7. The number of aliphatic hydroxyl groups is 1. The molecule has 0 aromatic carbocycles. The van der Waals surface area contributed by atoms with Gasteiger partial charge in [0.15, 0.2) is 32.3 Å². The molecule has 0 fully saturated rings. The minimum atomic E-state index is -6.09. The molecule has 0 saturated heterocycles. The molecule has 24 heteroatoms. The van der Waals surface area contributed by atoms with Gasteiger partial charge in [-0.2, -0.15) is 26.3 Å². The van der Waals surface area contributed by atoms with Gasteiger partial charge in [-0.15, -0.1) is 0 Å². The third-order valence-electron chi connectivity index (χ3n) is 3.53. The SMILES string of the molecule is CO.CO[C@@H](NCCN=Cc1nccn1C)c1nccn1C.O.O=S(=O)([O-])C(F)(F)F.O=S(=O)([O-])C(F)(F)F.[Cu+2]. The van der Waals surface area contributed by atoms with Crippen LogP contribution in [0.1, 0.15) is 17.9 Å². The van der Waals surface area contributed by atoms with Crippen molar-refractivity contribution in [1.29, 1.82) is 0 Å². The summed E-state index contributed by atoms with van der Waals surface area (Å²) in [4.78, 5) is 12.8. The first kappa shape index (κ1) is 44.9. The molecule has 0 bridgehead atoms. The van der Waals surface area contributed by atoms with Crippen molar-refractivity contribution in [3.8, 4) is 0 Å². The van der Waals surface area contributed by atoms with E-state index < -0.39 is 31.3 Å². The van der Waals surface area contributed by atoms with Crippen molar-refractivity contribution in [3.63, 3.8) is 0 Å². The summed E-state index contributed by atoms with van der Waals surface area (Å²) in [6.07, 6.45) is 8.83. The number of hydrogen-bond acceptors (Lipinski definition) is 12. The van der Waals surface area contributed by atoms with E-state index >= 15 is 0 Å². The minimum absolute atomic E-state index is 0. The molecule has 239 valence electrons. The predicted octanol–water partition coefficient (Wildman–Crippen LogP) is -0.609. The molecule has 0 saturated carbocycles. The van der Waals surface area contributed by atoms with E-state index in [9.17, 15) is 26.3 Å². The maximum Gasteiger partial charge on any atom is 2.00 e. The molecule has 2 heterocycles. The van der Waals surface area contributed by atoms with Gasteiger partial charge in [-0.3, -0.25) is 10.3 Å². The standard InChI is InChI=1S/C13H20N6O.2CHF3O3S.CH4O.Cu.H2O/c1-18-8-6-15-11(18)10-14-4-5-17-13(20-3)12-16-7-9-19(12)2;2*2-1(3,4)8(5,6)7;1-2;;/h6-10,13,17H,4-5H2,1-3H3;2*(H,5,6,7);2H,1H3;;1H2/q;;;;+2;/p-2/t13-;;;;;/m1...../s1. The van der Waals surface area contributed by atoms with Gasteiger partial charge in [-0.25, -0.2) is 26.8 Å². The Hall–Kier alpha value is -2.15. The predicted molar refractivity (Wildman–Crippen MR) is 120 cm³/mol. The summed E-state index contributed by atoms with van der Waals surface area (Å²) >= 11 is 0. The molecule has 2 aromatic rings. The monoisotopic (exact) mass is 687 g/mol. The van der Waals surface area contributed by atoms with Crippen LogP contribution in [0.4, 0.5) is 26.3 Å². The maximum absolute atomic E-state index is 10.7. The summed E-state index contributed by atoms with van der Waals surface area (Å²) in [5, 5.41) is 10.3. The van der Waals surface area contributed by atoms with Gasteiger partial charge in [0, 0.05) is 59.6 Å². The average molecular weight is 688 g/mol. The van der Waals surface area contributed by atoms with E-state index in [1.54, 1.807) is 25.7 Å². The summed E-state index contributed by atoms with van der Waals surface area (Å²) in [6, 6.07) is 0. The van der Waals surface area contributed by atoms with Crippen molar-refractivity contribution < 1.29 is 84.7 Å². The molecular formula is C16H26CuF6N6O9S2. The van der Waals surface area contributed by atoms with Crippen molar-refractivity contribution in [1.82, 2.24) is 24.4 Å². The summed E-state index contributed by atoms with van der Waals surface area (Å²) < 4.78 is 127. The Morgan fingerprint density at radius 1 is 1.00 bits per heavy atom. The van der Waals surface area contributed by atoms with Gasteiger partial charge in [0.2, 0.25) is 0 Å². The van der Waals surface area contributed by atoms with Crippen LogP contribution in [-0.2, 0) is 56.1 Å². The zero-order valence-electron chi connectivity index (χ0n) is 20.8. The number of alkyl halides is 6. The van der Waals surface area contributed by atoms with E-state index in [0.29, 0.717) is 13.1 Å². The molecule has 1 radical (unpaired) electrons. The third-order valence-corrected chi connectivity index (χ3v) is 4.67. The van der Waals surface area contributed by atoms with Crippen molar-refractivity contribution in [2.24, 2.45) is 19.1 Å². The van der Waals surface area contributed by atoms with E-state index in [0.717, 1.165) is 18.8 Å². The average Bonchev–Trinajstić information content (AvgIpc) is 3.38. The van der Waals surface area contributed by atoms with Crippen molar-refractivity contribution in [2.75, 3.05) is 27.3 Å². The van der Waals surface area contributed by atoms with Crippen molar-refractivity contribution in [3.05, 3.63) is 36.4 Å². The largest absolute Gasteiger partial charge is 2.00 e. The summed E-state index contributed by atoms with van der Waals surface area (Å²) in [5.41, 5.74) is -11.3. The van der Waals surface area contributed by atoms with Crippen molar-refractivity contribution in [2.45, 2.75) is 17.2 Å². The second-order valence-corrected chi connectivity index (χ2v) is 8.94. The van der Waals surface area contributed by atoms with Crippen LogP contribution in [0.5, 0.6) is 0 Å². The first-order valence-electron chi connectivity index (χ1n) is 9.42. The number of ether oxygens (including phenoxy) is 1. The molecule has 2 rings (SSSR count).